The van der Waals surface area contributed by atoms with Crippen molar-refractivity contribution in [2.75, 3.05) is 11.9 Å². The van der Waals surface area contributed by atoms with Crippen LogP contribution in [-0.2, 0) is 0 Å². The Balaban J connectivity index is 2.07. The minimum atomic E-state index is 0.545. The van der Waals surface area contributed by atoms with E-state index in [1.807, 2.05) is 6.07 Å². The zero-order chi connectivity index (χ0) is 10.9. The lowest BCUT2D eigenvalue weighted by molar-refractivity contribution is 0.645. The van der Waals surface area contributed by atoms with Crippen molar-refractivity contribution in [2.45, 2.75) is 39.0 Å². The number of aromatic nitrogens is 1. The average Bonchev–Trinajstić information content (AvgIpc) is 2.26. The number of unbranched alkanes of at least 4 members (excludes halogenated alkanes) is 4. The van der Waals surface area contributed by atoms with E-state index in [9.17, 15) is 0 Å². The highest BCUT2D eigenvalue weighted by Gasteiger charge is 1.93. The van der Waals surface area contributed by atoms with Crippen LogP contribution < -0.4 is 5.32 Å². The normalized spacial score (nSPS) is 10.3. The Kier molecular flexibility index (Phi) is 6.17. The molecule has 0 aliphatic carbocycles. The van der Waals surface area contributed by atoms with Gasteiger partial charge in [-0.3, -0.25) is 0 Å². The van der Waals surface area contributed by atoms with E-state index in [-0.39, 0.29) is 0 Å². The van der Waals surface area contributed by atoms with Gasteiger partial charge in [-0.15, -0.1) is 0 Å². The number of rotatable bonds is 7. The lowest BCUT2D eigenvalue weighted by Gasteiger charge is -2.05. The van der Waals surface area contributed by atoms with Crippen LogP contribution in [0.3, 0.4) is 0 Å². The molecule has 0 saturated heterocycles. The fourth-order valence-electron chi connectivity index (χ4n) is 1.44. The van der Waals surface area contributed by atoms with Crippen LogP contribution in [0.5, 0.6) is 0 Å². The summed E-state index contributed by atoms with van der Waals surface area (Å²) in [6.45, 7) is 3.25. The van der Waals surface area contributed by atoms with Crippen LogP contribution in [0.25, 0.3) is 0 Å². The highest BCUT2D eigenvalue weighted by Crippen LogP contribution is 2.10. The summed E-state index contributed by atoms with van der Waals surface area (Å²) >= 11 is 5.69. The molecule has 0 radical (unpaired) electrons. The van der Waals surface area contributed by atoms with Gasteiger partial charge in [-0.2, -0.15) is 0 Å². The van der Waals surface area contributed by atoms with Crippen LogP contribution in [0.2, 0.25) is 5.15 Å². The maximum Gasteiger partial charge on any atom is 0.129 e. The van der Waals surface area contributed by atoms with Gasteiger partial charge in [-0.1, -0.05) is 44.2 Å². The van der Waals surface area contributed by atoms with E-state index in [1.54, 1.807) is 12.3 Å². The van der Waals surface area contributed by atoms with Crippen LogP contribution in [-0.4, -0.2) is 11.5 Å². The predicted octanol–water partition coefficient (Wildman–Crippen LogP) is 4.12. The van der Waals surface area contributed by atoms with E-state index >= 15 is 0 Å². The van der Waals surface area contributed by atoms with Crippen molar-refractivity contribution in [2.24, 2.45) is 0 Å². The summed E-state index contributed by atoms with van der Waals surface area (Å²) in [6.07, 6.45) is 8.30. The molecule has 0 unspecified atom stereocenters. The van der Waals surface area contributed by atoms with Gasteiger partial charge in [0.2, 0.25) is 0 Å². The Bertz CT molecular complexity index is 259. The summed E-state index contributed by atoms with van der Waals surface area (Å²) < 4.78 is 0. The van der Waals surface area contributed by atoms with Gasteiger partial charge < -0.3 is 5.32 Å². The van der Waals surface area contributed by atoms with Crippen LogP contribution in [0.15, 0.2) is 18.3 Å². The first kappa shape index (κ1) is 12.3. The summed E-state index contributed by atoms with van der Waals surface area (Å²) in [6, 6.07) is 3.77. The summed E-state index contributed by atoms with van der Waals surface area (Å²) in [5.41, 5.74) is 1.05. The summed E-state index contributed by atoms with van der Waals surface area (Å²) in [5, 5.41) is 3.87. The van der Waals surface area contributed by atoms with E-state index in [0.29, 0.717) is 5.15 Å². The zero-order valence-corrected chi connectivity index (χ0v) is 10.1. The lowest BCUT2D eigenvalue weighted by Crippen LogP contribution is -2.01. The Labute approximate surface area is 97.1 Å². The molecule has 0 spiro atoms. The molecule has 1 aromatic rings. The van der Waals surface area contributed by atoms with Crippen molar-refractivity contribution >= 4 is 17.3 Å². The number of nitrogens with zero attached hydrogens (tertiary/aromatic N) is 1. The van der Waals surface area contributed by atoms with Gasteiger partial charge in [0.15, 0.2) is 0 Å². The quantitative estimate of drug-likeness (QED) is 0.559. The fraction of sp³-hybridized carbons (Fsp3) is 0.583. The van der Waals surface area contributed by atoms with E-state index in [1.165, 1.54) is 32.1 Å². The number of halogens is 1. The first-order valence-corrected chi connectivity index (χ1v) is 6.06. The Morgan fingerprint density at radius 3 is 2.67 bits per heavy atom. The summed E-state index contributed by atoms with van der Waals surface area (Å²) in [7, 11) is 0. The molecule has 2 nitrogen and oxygen atoms in total. The van der Waals surface area contributed by atoms with Crippen molar-refractivity contribution < 1.29 is 0 Å². The molecule has 1 heterocycles. The molecule has 0 fully saturated rings. The molecule has 15 heavy (non-hydrogen) atoms. The van der Waals surface area contributed by atoms with Crippen LogP contribution in [0, 0.1) is 0 Å². The summed E-state index contributed by atoms with van der Waals surface area (Å²) in [4.78, 5) is 4.01. The molecule has 0 atom stereocenters. The number of anilines is 1. The average molecular weight is 227 g/mol. The van der Waals surface area contributed by atoms with Crippen LogP contribution in [0.1, 0.15) is 39.0 Å². The number of pyridine rings is 1. The van der Waals surface area contributed by atoms with Gasteiger partial charge in [0.05, 0.1) is 11.9 Å². The second kappa shape index (κ2) is 7.52. The molecule has 1 N–H and O–H groups in total. The third-order valence-electron chi connectivity index (χ3n) is 2.34. The van der Waals surface area contributed by atoms with Gasteiger partial charge in [0, 0.05) is 6.54 Å². The second-order valence-electron chi connectivity index (χ2n) is 3.71. The number of hydrogen-bond donors (Lipinski definition) is 1. The van der Waals surface area contributed by atoms with Gasteiger partial charge in [-0.05, 0) is 18.6 Å². The van der Waals surface area contributed by atoms with Gasteiger partial charge >= 0.3 is 0 Å². The zero-order valence-electron chi connectivity index (χ0n) is 9.30. The van der Waals surface area contributed by atoms with E-state index < -0.39 is 0 Å². The third-order valence-corrected chi connectivity index (χ3v) is 2.56. The SMILES string of the molecule is CCCCCCCNc1ccc(Cl)nc1. The topological polar surface area (TPSA) is 24.9 Å². The fourth-order valence-corrected chi connectivity index (χ4v) is 1.55. The first-order valence-electron chi connectivity index (χ1n) is 5.68. The first-order chi connectivity index (χ1) is 7.33. The Morgan fingerprint density at radius 1 is 1.20 bits per heavy atom. The Hall–Kier alpha value is -0.760. The maximum atomic E-state index is 5.69. The standard InChI is InChI=1S/C12H19ClN2/c1-2-3-4-5-6-9-14-11-7-8-12(13)15-10-11/h7-8,10,14H,2-6,9H2,1H3. The van der Waals surface area contributed by atoms with E-state index in [0.717, 1.165) is 12.2 Å². The molecular weight excluding hydrogens is 208 g/mol. The van der Waals surface area contributed by atoms with Crippen molar-refractivity contribution in [1.82, 2.24) is 4.98 Å². The molecule has 3 heteroatoms. The molecule has 0 aromatic carbocycles. The van der Waals surface area contributed by atoms with Crippen molar-refractivity contribution in [3.8, 4) is 0 Å². The number of hydrogen-bond acceptors (Lipinski definition) is 2. The van der Waals surface area contributed by atoms with Gasteiger partial charge in [-0.25, -0.2) is 4.98 Å². The Morgan fingerprint density at radius 2 is 2.00 bits per heavy atom. The molecule has 1 rings (SSSR count). The highest BCUT2D eigenvalue weighted by atomic mass is 35.5. The molecule has 0 bridgehead atoms. The van der Waals surface area contributed by atoms with Gasteiger partial charge in [0.1, 0.15) is 5.15 Å². The van der Waals surface area contributed by atoms with Gasteiger partial charge in [0.25, 0.3) is 0 Å². The molecule has 0 amide bonds. The molecule has 0 aliphatic heterocycles. The van der Waals surface area contributed by atoms with E-state index in [4.69, 9.17) is 11.6 Å². The predicted molar refractivity (Wildman–Crippen MR) is 66.5 cm³/mol. The molecular formula is C12H19ClN2. The van der Waals surface area contributed by atoms with Crippen LogP contribution in [0.4, 0.5) is 5.69 Å². The minimum absolute atomic E-state index is 0.545. The maximum absolute atomic E-state index is 5.69. The van der Waals surface area contributed by atoms with Crippen LogP contribution >= 0.6 is 11.6 Å². The highest BCUT2D eigenvalue weighted by molar-refractivity contribution is 6.29. The summed E-state index contributed by atoms with van der Waals surface area (Å²) in [5.74, 6) is 0. The minimum Gasteiger partial charge on any atom is -0.384 e. The van der Waals surface area contributed by atoms with Crippen molar-refractivity contribution in [1.29, 1.82) is 0 Å². The number of nitrogens with one attached hydrogen (secondary N) is 1. The second-order valence-corrected chi connectivity index (χ2v) is 4.10. The van der Waals surface area contributed by atoms with E-state index in [2.05, 4.69) is 17.2 Å². The van der Waals surface area contributed by atoms with Crippen molar-refractivity contribution in [3.05, 3.63) is 23.5 Å². The van der Waals surface area contributed by atoms with Crippen molar-refractivity contribution in [3.63, 3.8) is 0 Å². The smallest absolute Gasteiger partial charge is 0.129 e. The third kappa shape index (κ3) is 5.63. The molecule has 0 saturated carbocycles. The molecule has 84 valence electrons. The molecule has 0 aliphatic rings. The largest absolute Gasteiger partial charge is 0.384 e. The lowest BCUT2D eigenvalue weighted by atomic mass is 10.1. The molecule has 1 aromatic heterocycles. The monoisotopic (exact) mass is 226 g/mol.